The van der Waals surface area contributed by atoms with Crippen molar-refractivity contribution in [3.63, 3.8) is 0 Å². The van der Waals surface area contributed by atoms with Crippen LogP contribution in [0.25, 0.3) is 0 Å². The van der Waals surface area contributed by atoms with Crippen LogP contribution in [0.5, 0.6) is 0 Å². The van der Waals surface area contributed by atoms with E-state index in [2.05, 4.69) is 47.9 Å². The van der Waals surface area contributed by atoms with Crippen molar-refractivity contribution in [2.75, 3.05) is 32.7 Å². The van der Waals surface area contributed by atoms with E-state index < -0.39 is 0 Å². The molecule has 0 amide bonds. The van der Waals surface area contributed by atoms with Crippen LogP contribution in [0.15, 0.2) is 24.3 Å². The first-order valence-electron chi connectivity index (χ1n) is 7.62. The fraction of sp³-hybridized carbons (Fsp3) is 0.588. The third-order valence-corrected chi connectivity index (χ3v) is 4.24. The molecule has 2 rings (SSSR count). The highest BCUT2D eigenvalue weighted by Crippen LogP contribution is 2.26. The second-order valence-corrected chi connectivity index (χ2v) is 5.80. The number of aryl methyl sites for hydroxylation is 1. The van der Waals surface area contributed by atoms with E-state index in [4.69, 9.17) is 0 Å². The van der Waals surface area contributed by atoms with E-state index in [0.717, 1.165) is 32.7 Å². The van der Waals surface area contributed by atoms with Gasteiger partial charge < -0.3 is 4.90 Å². The second kappa shape index (κ2) is 7.00. The summed E-state index contributed by atoms with van der Waals surface area (Å²) in [6.45, 7) is 11.5. The number of likely N-dealkylation sites (N-methyl/N-ethyl adjacent to an activating group) is 1. The molecule has 1 saturated heterocycles. The molecule has 0 aliphatic carbocycles. The zero-order valence-corrected chi connectivity index (χ0v) is 12.9. The van der Waals surface area contributed by atoms with Gasteiger partial charge in [0.2, 0.25) is 0 Å². The third-order valence-electron chi connectivity index (χ3n) is 4.24. The van der Waals surface area contributed by atoms with Crippen molar-refractivity contribution in [1.29, 1.82) is 0 Å². The van der Waals surface area contributed by atoms with Gasteiger partial charge in [0.15, 0.2) is 0 Å². The zero-order valence-electron chi connectivity index (χ0n) is 12.9. The summed E-state index contributed by atoms with van der Waals surface area (Å²) >= 11 is 0. The Morgan fingerprint density at radius 2 is 1.75 bits per heavy atom. The van der Waals surface area contributed by atoms with Crippen LogP contribution >= 0.6 is 0 Å². The molecular formula is C17H26N2O. The standard InChI is InChI=1S/C17H26N2O/c1-4-18-9-11-19(12-10-18)17(13-15(3)20)16-7-5-14(2)6-8-16/h5-8,17H,4,9-13H2,1-3H3. The number of nitrogens with zero attached hydrogens (tertiary/aromatic N) is 2. The number of hydrogen-bond donors (Lipinski definition) is 0. The van der Waals surface area contributed by atoms with Crippen LogP contribution in [0.2, 0.25) is 0 Å². The first-order chi connectivity index (χ1) is 9.60. The molecule has 0 saturated carbocycles. The summed E-state index contributed by atoms with van der Waals surface area (Å²) in [6.07, 6.45) is 0.620. The molecule has 1 aromatic carbocycles. The number of ketones is 1. The Morgan fingerprint density at radius 3 is 2.25 bits per heavy atom. The highest BCUT2D eigenvalue weighted by Gasteiger charge is 2.25. The number of carbonyl (C=O) groups is 1. The van der Waals surface area contributed by atoms with Crippen LogP contribution in [-0.4, -0.2) is 48.3 Å². The Morgan fingerprint density at radius 1 is 1.15 bits per heavy atom. The average molecular weight is 274 g/mol. The normalized spacial score (nSPS) is 18.9. The first-order valence-corrected chi connectivity index (χ1v) is 7.62. The van der Waals surface area contributed by atoms with Gasteiger partial charge in [0.25, 0.3) is 0 Å². The Labute approximate surface area is 122 Å². The van der Waals surface area contributed by atoms with Gasteiger partial charge in [-0.05, 0) is 26.0 Å². The van der Waals surface area contributed by atoms with E-state index >= 15 is 0 Å². The lowest BCUT2D eigenvalue weighted by Gasteiger charge is -2.39. The lowest BCUT2D eigenvalue weighted by atomic mass is 9.98. The molecule has 1 heterocycles. The van der Waals surface area contributed by atoms with Crippen LogP contribution in [0.1, 0.15) is 37.4 Å². The molecule has 20 heavy (non-hydrogen) atoms. The fourth-order valence-corrected chi connectivity index (χ4v) is 2.91. The smallest absolute Gasteiger partial charge is 0.131 e. The maximum Gasteiger partial charge on any atom is 0.131 e. The molecule has 110 valence electrons. The molecule has 1 aliphatic rings. The van der Waals surface area contributed by atoms with Gasteiger partial charge in [0, 0.05) is 38.6 Å². The summed E-state index contributed by atoms with van der Waals surface area (Å²) in [4.78, 5) is 16.6. The van der Waals surface area contributed by atoms with Gasteiger partial charge in [-0.15, -0.1) is 0 Å². The minimum absolute atomic E-state index is 0.243. The molecule has 3 nitrogen and oxygen atoms in total. The van der Waals surface area contributed by atoms with Crippen LogP contribution in [-0.2, 0) is 4.79 Å². The predicted molar refractivity (Wildman–Crippen MR) is 82.9 cm³/mol. The Kier molecular flexibility index (Phi) is 5.32. The molecule has 0 aromatic heterocycles. The molecule has 1 aliphatic heterocycles. The van der Waals surface area contributed by atoms with Gasteiger partial charge in [-0.3, -0.25) is 9.69 Å². The van der Waals surface area contributed by atoms with Crippen LogP contribution < -0.4 is 0 Å². The van der Waals surface area contributed by atoms with E-state index in [-0.39, 0.29) is 11.8 Å². The number of benzene rings is 1. The zero-order chi connectivity index (χ0) is 14.5. The lowest BCUT2D eigenvalue weighted by Crippen LogP contribution is -2.47. The minimum atomic E-state index is 0.243. The molecule has 1 fully saturated rings. The lowest BCUT2D eigenvalue weighted by molar-refractivity contribution is -0.118. The van der Waals surface area contributed by atoms with Gasteiger partial charge in [0.1, 0.15) is 5.78 Å². The first kappa shape index (κ1) is 15.2. The molecule has 1 atom stereocenters. The minimum Gasteiger partial charge on any atom is -0.301 e. The number of Topliss-reactive ketones (excluding diaryl/α,β-unsaturated/α-hetero) is 1. The summed E-state index contributed by atoms with van der Waals surface area (Å²) in [5.74, 6) is 0.272. The van der Waals surface area contributed by atoms with Crippen molar-refractivity contribution in [2.45, 2.75) is 33.2 Å². The molecule has 0 radical (unpaired) electrons. The van der Waals surface area contributed by atoms with Crippen molar-refractivity contribution in [3.8, 4) is 0 Å². The number of carbonyl (C=O) groups excluding carboxylic acids is 1. The van der Waals surface area contributed by atoms with E-state index in [9.17, 15) is 4.79 Å². The summed E-state index contributed by atoms with van der Waals surface area (Å²) in [7, 11) is 0. The third kappa shape index (κ3) is 3.90. The highest BCUT2D eigenvalue weighted by atomic mass is 16.1. The molecule has 0 N–H and O–H groups in total. The van der Waals surface area contributed by atoms with Gasteiger partial charge in [-0.25, -0.2) is 0 Å². The Balaban J connectivity index is 2.11. The number of rotatable bonds is 5. The summed E-state index contributed by atoms with van der Waals surface area (Å²) in [5, 5.41) is 0. The molecule has 1 unspecified atom stereocenters. The van der Waals surface area contributed by atoms with Gasteiger partial charge in [-0.1, -0.05) is 36.8 Å². The SMILES string of the molecule is CCN1CCN(C(CC(C)=O)c2ccc(C)cc2)CC1. The topological polar surface area (TPSA) is 23.6 Å². The van der Waals surface area contributed by atoms with Crippen molar-refractivity contribution in [3.05, 3.63) is 35.4 Å². The number of piperazine rings is 1. The van der Waals surface area contributed by atoms with Crippen molar-refractivity contribution < 1.29 is 4.79 Å². The van der Waals surface area contributed by atoms with Gasteiger partial charge in [0.05, 0.1) is 0 Å². The van der Waals surface area contributed by atoms with E-state index in [0.29, 0.717) is 6.42 Å². The maximum absolute atomic E-state index is 11.6. The van der Waals surface area contributed by atoms with Crippen molar-refractivity contribution in [2.24, 2.45) is 0 Å². The molecule has 0 spiro atoms. The summed E-state index contributed by atoms with van der Waals surface area (Å²) in [5.41, 5.74) is 2.54. The highest BCUT2D eigenvalue weighted by molar-refractivity contribution is 5.76. The molecule has 3 heteroatoms. The van der Waals surface area contributed by atoms with E-state index in [1.165, 1.54) is 11.1 Å². The second-order valence-electron chi connectivity index (χ2n) is 5.80. The van der Waals surface area contributed by atoms with Crippen LogP contribution in [0.4, 0.5) is 0 Å². The largest absolute Gasteiger partial charge is 0.301 e. The van der Waals surface area contributed by atoms with Crippen LogP contribution in [0.3, 0.4) is 0 Å². The Bertz CT molecular complexity index is 433. The van der Waals surface area contributed by atoms with E-state index in [1.54, 1.807) is 6.92 Å². The number of hydrogen-bond acceptors (Lipinski definition) is 3. The molecule has 1 aromatic rings. The maximum atomic E-state index is 11.6. The molecule has 0 bridgehead atoms. The van der Waals surface area contributed by atoms with Crippen LogP contribution in [0, 0.1) is 6.92 Å². The quantitative estimate of drug-likeness (QED) is 0.824. The van der Waals surface area contributed by atoms with Gasteiger partial charge in [-0.2, -0.15) is 0 Å². The van der Waals surface area contributed by atoms with E-state index in [1.807, 2.05) is 0 Å². The monoisotopic (exact) mass is 274 g/mol. The average Bonchev–Trinajstić information content (AvgIpc) is 2.46. The van der Waals surface area contributed by atoms with Crippen molar-refractivity contribution in [1.82, 2.24) is 9.80 Å². The predicted octanol–water partition coefficient (Wildman–Crippen LogP) is 2.65. The van der Waals surface area contributed by atoms with Crippen molar-refractivity contribution >= 4 is 5.78 Å². The summed E-state index contributed by atoms with van der Waals surface area (Å²) in [6, 6.07) is 8.88. The summed E-state index contributed by atoms with van der Waals surface area (Å²) < 4.78 is 0. The fourth-order valence-electron chi connectivity index (χ4n) is 2.91. The Hall–Kier alpha value is -1.19. The van der Waals surface area contributed by atoms with Gasteiger partial charge >= 0.3 is 0 Å². The molecular weight excluding hydrogens is 248 g/mol.